The monoisotopic (exact) mass is 710 g/mol. The second-order valence-electron chi connectivity index (χ2n) is 12.9. The van der Waals surface area contributed by atoms with Gasteiger partial charge in [-0.25, -0.2) is 0 Å². The van der Waals surface area contributed by atoms with Crippen LogP contribution >= 0.6 is 21.6 Å². The van der Waals surface area contributed by atoms with Gasteiger partial charge in [0.25, 0.3) is 0 Å². The molecular formula is C43H83NO2S2. The summed E-state index contributed by atoms with van der Waals surface area (Å²) in [6, 6.07) is 0. The van der Waals surface area contributed by atoms with Crippen LogP contribution in [0.5, 0.6) is 0 Å². The van der Waals surface area contributed by atoms with E-state index in [9.17, 15) is 0 Å². The largest absolute Gasteiger partial charge is 0.379 e. The van der Waals surface area contributed by atoms with Gasteiger partial charge in [-0.05, 0) is 84.1 Å². The van der Waals surface area contributed by atoms with Crippen molar-refractivity contribution in [3.05, 3.63) is 48.6 Å². The molecule has 0 aromatic heterocycles. The number of allylic oxidation sites excluding steroid dienone is 8. The lowest BCUT2D eigenvalue weighted by molar-refractivity contribution is -0.00454. The molecule has 1 N–H and O–H groups in total. The maximum absolute atomic E-state index is 5.95. The van der Waals surface area contributed by atoms with Crippen molar-refractivity contribution in [1.82, 2.24) is 5.32 Å². The molecule has 0 radical (unpaired) electrons. The molecule has 5 heteroatoms. The number of hydrogen-bond donors (Lipinski definition) is 1. The van der Waals surface area contributed by atoms with Crippen molar-refractivity contribution in [1.29, 1.82) is 0 Å². The first kappa shape index (κ1) is 49.7. The van der Waals surface area contributed by atoms with E-state index in [2.05, 4.69) is 81.6 Å². The Morgan fingerprint density at radius 3 is 1.46 bits per heavy atom. The lowest BCUT2D eigenvalue weighted by atomic mass is 10.1. The predicted molar refractivity (Wildman–Crippen MR) is 225 cm³/mol. The van der Waals surface area contributed by atoms with Crippen LogP contribution in [0.15, 0.2) is 48.6 Å². The van der Waals surface area contributed by atoms with Crippen molar-refractivity contribution in [2.75, 3.05) is 44.9 Å². The van der Waals surface area contributed by atoms with Crippen LogP contribution in [0, 0.1) is 0 Å². The van der Waals surface area contributed by atoms with E-state index in [-0.39, 0.29) is 6.10 Å². The van der Waals surface area contributed by atoms with Gasteiger partial charge in [-0.1, -0.05) is 169 Å². The van der Waals surface area contributed by atoms with E-state index >= 15 is 0 Å². The van der Waals surface area contributed by atoms with Gasteiger partial charge in [0, 0.05) is 31.3 Å². The zero-order valence-electron chi connectivity index (χ0n) is 32.8. The molecular weight excluding hydrogens is 627 g/mol. The zero-order valence-corrected chi connectivity index (χ0v) is 34.5. The SMILES string of the molecule is CCCCC/C=C\C/C=C\CCCCCC.CCCCC/C=C\C/C=C\CCCCCCCCOCC(CSSCCNC)OCCC. The molecule has 0 aliphatic rings. The first-order valence-electron chi connectivity index (χ1n) is 20.4. The molecule has 0 rings (SSSR count). The number of hydrogen-bond acceptors (Lipinski definition) is 5. The van der Waals surface area contributed by atoms with Gasteiger partial charge in [-0.2, -0.15) is 0 Å². The Morgan fingerprint density at radius 2 is 0.958 bits per heavy atom. The third-order valence-electron chi connectivity index (χ3n) is 7.93. The first-order valence-corrected chi connectivity index (χ1v) is 22.9. The maximum atomic E-state index is 5.95. The summed E-state index contributed by atoms with van der Waals surface area (Å²) < 4.78 is 11.9. The molecule has 0 heterocycles. The van der Waals surface area contributed by atoms with Crippen molar-refractivity contribution in [2.45, 2.75) is 181 Å². The molecule has 0 bridgehead atoms. The Bertz CT molecular complexity index is 680. The fourth-order valence-electron chi connectivity index (χ4n) is 4.87. The van der Waals surface area contributed by atoms with E-state index in [0.717, 1.165) is 57.1 Å². The fraction of sp³-hybridized carbons (Fsp3) is 0.814. The van der Waals surface area contributed by atoms with Crippen molar-refractivity contribution >= 4 is 21.6 Å². The molecule has 0 saturated carbocycles. The quantitative estimate of drug-likeness (QED) is 0.0394. The van der Waals surface area contributed by atoms with Gasteiger partial charge in [-0.15, -0.1) is 0 Å². The Morgan fingerprint density at radius 1 is 0.500 bits per heavy atom. The molecule has 1 atom stereocenters. The van der Waals surface area contributed by atoms with Crippen molar-refractivity contribution < 1.29 is 9.47 Å². The van der Waals surface area contributed by atoms with Crippen LogP contribution in [0.3, 0.4) is 0 Å². The molecule has 0 saturated heterocycles. The van der Waals surface area contributed by atoms with E-state index in [1.165, 1.54) is 128 Å². The lowest BCUT2D eigenvalue weighted by Crippen LogP contribution is -2.23. The maximum Gasteiger partial charge on any atom is 0.0906 e. The van der Waals surface area contributed by atoms with E-state index in [4.69, 9.17) is 9.47 Å². The summed E-state index contributed by atoms with van der Waals surface area (Å²) in [6.07, 6.45) is 48.5. The topological polar surface area (TPSA) is 30.5 Å². The summed E-state index contributed by atoms with van der Waals surface area (Å²) >= 11 is 0. The minimum atomic E-state index is 0.228. The molecule has 0 aliphatic heterocycles. The molecule has 0 spiro atoms. The van der Waals surface area contributed by atoms with Crippen LogP contribution in [-0.4, -0.2) is 51.0 Å². The van der Waals surface area contributed by atoms with Crippen molar-refractivity contribution in [2.24, 2.45) is 0 Å². The molecule has 48 heavy (non-hydrogen) atoms. The normalized spacial score (nSPS) is 12.6. The van der Waals surface area contributed by atoms with E-state index < -0.39 is 0 Å². The van der Waals surface area contributed by atoms with Gasteiger partial charge in [0.1, 0.15) is 0 Å². The first-order chi connectivity index (χ1) is 23.8. The van der Waals surface area contributed by atoms with Gasteiger partial charge in [0.15, 0.2) is 0 Å². The van der Waals surface area contributed by atoms with E-state index in [1.807, 2.05) is 28.6 Å². The predicted octanol–water partition coefficient (Wildman–Crippen LogP) is 14.3. The minimum Gasteiger partial charge on any atom is -0.379 e. The smallest absolute Gasteiger partial charge is 0.0906 e. The average molecular weight is 710 g/mol. The van der Waals surface area contributed by atoms with Crippen LogP contribution in [0.2, 0.25) is 0 Å². The average Bonchev–Trinajstić information content (AvgIpc) is 3.10. The highest BCUT2D eigenvalue weighted by atomic mass is 33.1. The van der Waals surface area contributed by atoms with E-state index in [1.54, 1.807) is 0 Å². The van der Waals surface area contributed by atoms with Crippen molar-refractivity contribution in [3.8, 4) is 0 Å². The van der Waals surface area contributed by atoms with Gasteiger partial charge in [0.05, 0.1) is 12.7 Å². The summed E-state index contributed by atoms with van der Waals surface area (Å²) in [5, 5.41) is 3.18. The lowest BCUT2D eigenvalue weighted by Gasteiger charge is -2.17. The fourth-order valence-corrected chi connectivity index (χ4v) is 7.06. The Labute approximate surface area is 310 Å². The van der Waals surface area contributed by atoms with Crippen LogP contribution < -0.4 is 5.32 Å². The molecule has 0 aromatic rings. The molecule has 1 unspecified atom stereocenters. The highest BCUT2D eigenvalue weighted by molar-refractivity contribution is 8.76. The number of nitrogens with one attached hydrogen (secondary N) is 1. The summed E-state index contributed by atoms with van der Waals surface area (Å²) in [6.45, 7) is 12.4. The van der Waals surface area contributed by atoms with Crippen LogP contribution in [0.1, 0.15) is 175 Å². The summed E-state index contributed by atoms with van der Waals surface area (Å²) in [7, 11) is 5.82. The Balaban J connectivity index is 0. The molecule has 0 amide bonds. The van der Waals surface area contributed by atoms with Gasteiger partial charge < -0.3 is 14.8 Å². The Kier molecular flexibility index (Phi) is 50.3. The standard InChI is InChI=1S/C27H53NO2S2.C16H30/c1-4-6-7-8-9-10-11-12-13-14-15-16-17-18-19-20-23-29-25-27(30-22-5-2)26-32-31-24-21-28-3;1-3-5-7-9-11-13-15-16-14-12-10-8-6-4-2/h9-10,12-13,27-28H,4-8,11,14-26H2,1-3H3;11,13-14,16H,3-10,12,15H2,1-2H3/b10-9-,13-12-;13-11-,16-14-. The number of unbranched alkanes of at least 4 members (excludes halogenated alkanes) is 16. The number of ether oxygens (including phenoxy) is 2. The second kappa shape index (κ2) is 48.7. The summed E-state index contributed by atoms with van der Waals surface area (Å²) in [5.74, 6) is 2.15. The zero-order chi connectivity index (χ0) is 35.3. The van der Waals surface area contributed by atoms with Crippen LogP contribution in [0.25, 0.3) is 0 Å². The van der Waals surface area contributed by atoms with E-state index in [0.29, 0.717) is 0 Å². The highest BCUT2D eigenvalue weighted by Gasteiger charge is 2.09. The number of rotatable bonds is 37. The van der Waals surface area contributed by atoms with Crippen LogP contribution in [-0.2, 0) is 9.47 Å². The summed E-state index contributed by atoms with van der Waals surface area (Å²) in [4.78, 5) is 0. The molecule has 0 aliphatic carbocycles. The van der Waals surface area contributed by atoms with Gasteiger partial charge in [0.2, 0.25) is 0 Å². The molecule has 0 fully saturated rings. The third kappa shape index (κ3) is 47.7. The Hall–Kier alpha value is -0.460. The van der Waals surface area contributed by atoms with Gasteiger partial charge in [-0.3, -0.25) is 0 Å². The second-order valence-corrected chi connectivity index (χ2v) is 15.5. The highest BCUT2D eigenvalue weighted by Crippen LogP contribution is 2.22. The molecule has 3 nitrogen and oxygen atoms in total. The van der Waals surface area contributed by atoms with Crippen LogP contribution in [0.4, 0.5) is 0 Å². The third-order valence-corrected chi connectivity index (χ3v) is 10.4. The summed E-state index contributed by atoms with van der Waals surface area (Å²) in [5.41, 5.74) is 0. The molecule has 0 aromatic carbocycles. The van der Waals surface area contributed by atoms with Gasteiger partial charge >= 0.3 is 0 Å². The molecule has 284 valence electrons. The van der Waals surface area contributed by atoms with Crippen molar-refractivity contribution in [3.63, 3.8) is 0 Å². The minimum absolute atomic E-state index is 0.228.